The van der Waals surface area contributed by atoms with Crippen molar-refractivity contribution < 1.29 is 19.1 Å². The monoisotopic (exact) mass is 316 g/mol. The molecule has 0 aliphatic heterocycles. The zero-order valence-electron chi connectivity index (χ0n) is 13.6. The van der Waals surface area contributed by atoms with Gasteiger partial charge in [0.1, 0.15) is 6.10 Å². The lowest BCUT2D eigenvalue weighted by atomic mass is 9.89. The average molecular weight is 316 g/mol. The first-order valence-electron chi connectivity index (χ1n) is 8.20. The molecule has 1 saturated carbocycles. The molecule has 0 radical (unpaired) electrons. The minimum atomic E-state index is -0.586. The molecule has 0 amide bonds. The highest BCUT2D eigenvalue weighted by Gasteiger charge is 2.18. The lowest BCUT2D eigenvalue weighted by Crippen LogP contribution is -2.21. The molecule has 0 aromatic heterocycles. The van der Waals surface area contributed by atoms with Gasteiger partial charge in [0.15, 0.2) is 0 Å². The van der Waals surface area contributed by atoms with Crippen LogP contribution in [0, 0.1) is 5.92 Å². The van der Waals surface area contributed by atoms with Gasteiger partial charge in [0.05, 0.1) is 19.1 Å². The highest BCUT2D eigenvalue weighted by molar-refractivity contribution is 5.89. The highest BCUT2D eigenvalue weighted by Crippen LogP contribution is 2.25. The molecule has 2 rings (SSSR count). The van der Waals surface area contributed by atoms with E-state index in [1.54, 1.807) is 24.3 Å². The fraction of sp³-hybridized carbons (Fsp3) is 0.474. The largest absolute Gasteiger partial charge is 0.469 e. The summed E-state index contributed by atoms with van der Waals surface area (Å²) in [5.74, 6) is -0.295. The molecular weight excluding hydrogens is 292 g/mol. The van der Waals surface area contributed by atoms with Gasteiger partial charge in [-0.05, 0) is 37.0 Å². The minimum Gasteiger partial charge on any atom is -0.469 e. The van der Waals surface area contributed by atoms with Crippen LogP contribution in [0.15, 0.2) is 42.5 Å². The van der Waals surface area contributed by atoms with Gasteiger partial charge in [-0.1, -0.05) is 43.5 Å². The van der Waals surface area contributed by atoms with Crippen LogP contribution in [0.2, 0.25) is 0 Å². The highest BCUT2D eigenvalue weighted by atomic mass is 16.6. The van der Waals surface area contributed by atoms with Gasteiger partial charge in [0.2, 0.25) is 0 Å². The Labute approximate surface area is 137 Å². The van der Waals surface area contributed by atoms with E-state index in [1.165, 1.54) is 26.4 Å². The molecule has 1 aliphatic rings. The van der Waals surface area contributed by atoms with Gasteiger partial charge in [0, 0.05) is 0 Å². The smallest absolute Gasteiger partial charge is 0.338 e. The third-order valence-electron chi connectivity index (χ3n) is 4.11. The maximum absolute atomic E-state index is 12.2. The molecule has 4 heteroatoms. The minimum absolute atomic E-state index is 0.0400. The third kappa shape index (κ3) is 5.89. The lowest BCUT2D eigenvalue weighted by Gasteiger charge is -2.19. The second-order valence-electron chi connectivity index (χ2n) is 5.87. The molecule has 0 N–H and O–H groups in total. The number of benzene rings is 1. The predicted octanol–water partition coefficient (Wildman–Crippen LogP) is 3.91. The van der Waals surface area contributed by atoms with E-state index < -0.39 is 12.1 Å². The molecule has 0 bridgehead atoms. The summed E-state index contributed by atoms with van der Waals surface area (Å²) in [4.78, 5) is 23.7. The topological polar surface area (TPSA) is 52.6 Å². The van der Waals surface area contributed by atoms with E-state index in [0.717, 1.165) is 12.8 Å². The SMILES string of the molecule is COC(=O)C[C@H](/C=C/C1CCCCC1)OC(=O)c1ccccc1. The Bertz CT molecular complexity index is 530. The Morgan fingerprint density at radius 1 is 1.17 bits per heavy atom. The Balaban J connectivity index is 1.99. The second-order valence-corrected chi connectivity index (χ2v) is 5.87. The molecule has 1 fully saturated rings. The van der Waals surface area contributed by atoms with Crippen LogP contribution in [-0.4, -0.2) is 25.2 Å². The van der Waals surface area contributed by atoms with E-state index in [-0.39, 0.29) is 12.4 Å². The van der Waals surface area contributed by atoms with E-state index in [4.69, 9.17) is 9.47 Å². The van der Waals surface area contributed by atoms with Crippen molar-refractivity contribution in [1.29, 1.82) is 0 Å². The Morgan fingerprint density at radius 2 is 1.87 bits per heavy atom. The van der Waals surface area contributed by atoms with Crippen LogP contribution in [0.25, 0.3) is 0 Å². The predicted molar refractivity (Wildman–Crippen MR) is 88.0 cm³/mol. The number of methoxy groups -OCH3 is 1. The summed E-state index contributed by atoms with van der Waals surface area (Å²) in [6.07, 6.45) is 9.47. The lowest BCUT2D eigenvalue weighted by molar-refractivity contribution is -0.142. The number of carbonyl (C=O) groups is 2. The van der Waals surface area contributed by atoms with Crippen molar-refractivity contribution in [3.63, 3.8) is 0 Å². The van der Waals surface area contributed by atoms with E-state index in [0.29, 0.717) is 11.5 Å². The van der Waals surface area contributed by atoms with E-state index in [9.17, 15) is 9.59 Å². The van der Waals surface area contributed by atoms with Crippen LogP contribution < -0.4 is 0 Å². The summed E-state index contributed by atoms with van der Waals surface area (Å²) < 4.78 is 10.2. The first kappa shape index (κ1) is 17.3. The van der Waals surface area contributed by atoms with Crippen LogP contribution in [0.1, 0.15) is 48.9 Å². The number of carbonyl (C=O) groups excluding carboxylic acids is 2. The first-order chi connectivity index (χ1) is 11.2. The second kappa shape index (κ2) is 9.13. The molecule has 0 unspecified atom stereocenters. The number of allylic oxidation sites excluding steroid dienone is 1. The van der Waals surface area contributed by atoms with Crippen LogP contribution in [-0.2, 0) is 14.3 Å². The van der Waals surface area contributed by atoms with Crippen molar-refractivity contribution in [3.8, 4) is 0 Å². The normalized spacial score (nSPS) is 16.9. The van der Waals surface area contributed by atoms with Crippen molar-refractivity contribution in [2.75, 3.05) is 7.11 Å². The zero-order chi connectivity index (χ0) is 16.5. The molecule has 0 saturated heterocycles. The zero-order valence-corrected chi connectivity index (χ0v) is 13.6. The molecule has 0 spiro atoms. The first-order valence-corrected chi connectivity index (χ1v) is 8.20. The van der Waals surface area contributed by atoms with Crippen molar-refractivity contribution in [1.82, 2.24) is 0 Å². The summed E-state index contributed by atoms with van der Waals surface area (Å²) in [5, 5.41) is 0. The molecule has 4 nitrogen and oxygen atoms in total. The van der Waals surface area contributed by atoms with Crippen molar-refractivity contribution in [2.24, 2.45) is 5.92 Å². The fourth-order valence-corrected chi connectivity index (χ4v) is 2.78. The van der Waals surface area contributed by atoms with Crippen molar-refractivity contribution in [2.45, 2.75) is 44.6 Å². The third-order valence-corrected chi connectivity index (χ3v) is 4.11. The fourth-order valence-electron chi connectivity index (χ4n) is 2.78. The van der Waals surface area contributed by atoms with E-state index >= 15 is 0 Å². The summed E-state index contributed by atoms with van der Waals surface area (Å²) in [6.45, 7) is 0. The molecule has 23 heavy (non-hydrogen) atoms. The quantitative estimate of drug-likeness (QED) is 0.590. The van der Waals surface area contributed by atoms with Gasteiger partial charge < -0.3 is 9.47 Å². The number of rotatable bonds is 6. The van der Waals surface area contributed by atoms with Crippen LogP contribution in [0.4, 0.5) is 0 Å². The molecule has 0 heterocycles. The summed E-state index contributed by atoms with van der Waals surface area (Å²) in [5.41, 5.74) is 0.480. The summed E-state index contributed by atoms with van der Waals surface area (Å²) >= 11 is 0. The Kier molecular flexibility index (Phi) is 6.85. The molecule has 1 aliphatic carbocycles. The molecule has 1 aromatic rings. The standard InChI is InChI=1S/C19H24O4/c1-22-18(20)14-17(13-12-15-8-4-2-5-9-15)23-19(21)16-10-6-3-7-11-16/h3,6-7,10-13,15,17H,2,4-5,8-9,14H2,1H3/b13-12+/t17-/m0/s1. The van der Waals surface area contributed by atoms with Crippen molar-refractivity contribution in [3.05, 3.63) is 48.0 Å². The number of ether oxygens (including phenoxy) is 2. The Hall–Kier alpha value is -2.10. The van der Waals surface area contributed by atoms with Crippen LogP contribution in [0.3, 0.4) is 0 Å². The maximum atomic E-state index is 12.2. The van der Waals surface area contributed by atoms with E-state index in [2.05, 4.69) is 6.08 Å². The molecular formula is C19H24O4. The number of hydrogen-bond acceptors (Lipinski definition) is 4. The van der Waals surface area contributed by atoms with Gasteiger partial charge in [-0.25, -0.2) is 4.79 Å². The summed E-state index contributed by atoms with van der Waals surface area (Å²) in [7, 11) is 1.34. The number of esters is 2. The van der Waals surface area contributed by atoms with Crippen LogP contribution >= 0.6 is 0 Å². The van der Waals surface area contributed by atoms with Crippen LogP contribution in [0.5, 0.6) is 0 Å². The maximum Gasteiger partial charge on any atom is 0.338 e. The van der Waals surface area contributed by atoms with Gasteiger partial charge >= 0.3 is 11.9 Å². The van der Waals surface area contributed by atoms with E-state index in [1.807, 2.05) is 12.1 Å². The average Bonchev–Trinajstić information content (AvgIpc) is 2.61. The van der Waals surface area contributed by atoms with Gasteiger partial charge in [-0.2, -0.15) is 0 Å². The number of hydrogen-bond donors (Lipinski definition) is 0. The van der Waals surface area contributed by atoms with Crippen molar-refractivity contribution >= 4 is 11.9 Å². The van der Waals surface area contributed by atoms with Gasteiger partial charge in [0.25, 0.3) is 0 Å². The van der Waals surface area contributed by atoms with Gasteiger partial charge in [-0.3, -0.25) is 4.79 Å². The van der Waals surface area contributed by atoms with Gasteiger partial charge in [-0.15, -0.1) is 0 Å². The molecule has 1 atom stereocenters. The summed E-state index contributed by atoms with van der Waals surface area (Å²) in [6, 6.07) is 8.80. The molecule has 124 valence electrons. The molecule has 1 aromatic carbocycles. The Morgan fingerprint density at radius 3 is 2.52 bits per heavy atom.